The third-order valence-corrected chi connectivity index (χ3v) is 3.53. The lowest BCUT2D eigenvalue weighted by Gasteiger charge is -2.20. The van der Waals surface area contributed by atoms with E-state index in [1.807, 2.05) is 0 Å². The average molecular weight is 262 g/mol. The Bertz CT molecular complexity index is 487. The fraction of sp³-hybridized carbons (Fsp3) is 0.500. The standard InChI is InChI=1S/C14H18N2O3/c1-10-3-2-7-16(8-5-10)13(17)12-9-11(14(18)19)4-6-15-12/h4,6,9-10H,2-3,5,7-8H2,1H3,(H,18,19). The number of carbonyl (C=O) groups is 2. The first-order chi connectivity index (χ1) is 9.08. The maximum Gasteiger partial charge on any atom is 0.335 e. The van der Waals surface area contributed by atoms with Crippen LogP contribution in [0.25, 0.3) is 0 Å². The Balaban J connectivity index is 2.14. The van der Waals surface area contributed by atoms with Crippen LogP contribution in [0.3, 0.4) is 0 Å². The van der Waals surface area contributed by atoms with Crippen molar-refractivity contribution in [2.75, 3.05) is 13.1 Å². The number of amides is 1. The number of pyridine rings is 1. The van der Waals surface area contributed by atoms with Crippen LogP contribution >= 0.6 is 0 Å². The molecule has 1 aliphatic heterocycles. The first-order valence-corrected chi connectivity index (χ1v) is 6.56. The molecule has 1 N–H and O–H groups in total. The van der Waals surface area contributed by atoms with Crippen LogP contribution in [-0.4, -0.2) is 40.0 Å². The summed E-state index contributed by atoms with van der Waals surface area (Å²) >= 11 is 0. The second kappa shape index (κ2) is 5.82. The lowest BCUT2D eigenvalue weighted by molar-refractivity contribution is 0.0696. The Morgan fingerprint density at radius 3 is 2.89 bits per heavy atom. The summed E-state index contributed by atoms with van der Waals surface area (Å²) in [5.41, 5.74) is 0.316. The predicted octanol–water partition coefficient (Wildman–Crippen LogP) is 2.04. The zero-order valence-electron chi connectivity index (χ0n) is 11.0. The van der Waals surface area contributed by atoms with E-state index in [0.717, 1.165) is 32.4 Å². The van der Waals surface area contributed by atoms with Crippen molar-refractivity contribution in [1.29, 1.82) is 0 Å². The van der Waals surface area contributed by atoms with Crippen LogP contribution in [0.1, 0.15) is 47.0 Å². The molecule has 102 valence electrons. The van der Waals surface area contributed by atoms with Crippen molar-refractivity contribution in [3.05, 3.63) is 29.6 Å². The molecular weight excluding hydrogens is 244 g/mol. The topological polar surface area (TPSA) is 70.5 Å². The van der Waals surface area contributed by atoms with E-state index in [1.54, 1.807) is 4.90 Å². The summed E-state index contributed by atoms with van der Waals surface area (Å²) in [5, 5.41) is 8.93. The number of carboxylic acid groups (broad SMARTS) is 1. The molecule has 1 unspecified atom stereocenters. The van der Waals surface area contributed by atoms with Crippen LogP contribution in [0, 0.1) is 5.92 Å². The number of aromatic nitrogens is 1. The maximum absolute atomic E-state index is 12.3. The number of carboxylic acids is 1. The van der Waals surface area contributed by atoms with Gasteiger partial charge in [-0.1, -0.05) is 6.92 Å². The van der Waals surface area contributed by atoms with Gasteiger partial charge in [-0.2, -0.15) is 0 Å². The van der Waals surface area contributed by atoms with Crippen molar-refractivity contribution in [2.24, 2.45) is 5.92 Å². The van der Waals surface area contributed by atoms with Gasteiger partial charge in [-0.15, -0.1) is 0 Å². The lowest BCUT2D eigenvalue weighted by atomic mass is 10.0. The first-order valence-electron chi connectivity index (χ1n) is 6.56. The van der Waals surface area contributed by atoms with Gasteiger partial charge in [-0.25, -0.2) is 4.79 Å². The molecule has 1 atom stereocenters. The Hall–Kier alpha value is -1.91. The van der Waals surface area contributed by atoms with Crippen molar-refractivity contribution in [2.45, 2.75) is 26.2 Å². The fourth-order valence-corrected chi connectivity index (χ4v) is 2.31. The highest BCUT2D eigenvalue weighted by Crippen LogP contribution is 2.18. The third-order valence-electron chi connectivity index (χ3n) is 3.53. The van der Waals surface area contributed by atoms with Gasteiger partial charge in [0, 0.05) is 19.3 Å². The van der Waals surface area contributed by atoms with Gasteiger partial charge in [0.1, 0.15) is 5.69 Å². The summed E-state index contributed by atoms with van der Waals surface area (Å²) in [7, 11) is 0. The van der Waals surface area contributed by atoms with Gasteiger partial charge in [-0.3, -0.25) is 9.78 Å². The Kier molecular flexibility index (Phi) is 4.14. The molecule has 1 aliphatic rings. The molecule has 1 saturated heterocycles. The molecular formula is C14H18N2O3. The minimum atomic E-state index is -1.04. The van der Waals surface area contributed by atoms with Crippen molar-refractivity contribution in [1.82, 2.24) is 9.88 Å². The van der Waals surface area contributed by atoms with E-state index < -0.39 is 5.97 Å². The van der Waals surface area contributed by atoms with E-state index in [2.05, 4.69) is 11.9 Å². The SMILES string of the molecule is CC1CCCN(C(=O)c2cc(C(=O)O)ccn2)CC1. The molecule has 19 heavy (non-hydrogen) atoms. The Morgan fingerprint density at radius 1 is 1.37 bits per heavy atom. The van der Waals surface area contributed by atoms with E-state index >= 15 is 0 Å². The van der Waals surface area contributed by atoms with Gasteiger partial charge in [-0.05, 0) is 37.3 Å². The maximum atomic E-state index is 12.3. The summed E-state index contributed by atoms with van der Waals surface area (Å²) in [5.74, 6) is -0.575. The molecule has 0 radical (unpaired) electrons. The molecule has 0 bridgehead atoms. The molecule has 0 aliphatic carbocycles. The quantitative estimate of drug-likeness (QED) is 0.885. The van der Waals surface area contributed by atoms with Crippen molar-refractivity contribution in [3.63, 3.8) is 0 Å². The average Bonchev–Trinajstić information content (AvgIpc) is 2.63. The molecule has 0 aromatic carbocycles. The molecule has 0 spiro atoms. The summed E-state index contributed by atoms with van der Waals surface area (Å²) in [4.78, 5) is 29.0. The predicted molar refractivity (Wildman–Crippen MR) is 70.1 cm³/mol. The highest BCUT2D eigenvalue weighted by atomic mass is 16.4. The molecule has 1 aromatic rings. The van der Waals surface area contributed by atoms with Crippen LogP contribution < -0.4 is 0 Å². The number of likely N-dealkylation sites (tertiary alicyclic amines) is 1. The van der Waals surface area contributed by atoms with Crippen molar-refractivity contribution >= 4 is 11.9 Å². The van der Waals surface area contributed by atoms with Gasteiger partial charge in [0.25, 0.3) is 5.91 Å². The lowest BCUT2D eigenvalue weighted by Crippen LogP contribution is -2.32. The van der Waals surface area contributed by atoms with Gasteiger partial charge < -0.3 is 10.0 Å². The second-order valence-corrected chi connectivity index (χ2v) is 5.06. The fourth-order valence-electron chi connectivity index (χ4n) is 2.31. The number of rotatable bonds is 2. The molecule has 2 heterocycles. The monoisotopic (exact) mass is 262 g/mol. The van der Waals surface area contributed by atoms with Crippen LogP contribution in [0.2, 0.25) is 0 Å². The van der Waals surface area contributed by atoms with Gasteiger partial charge in [0.05, 0.1) is 5.56 Å². The van der Waals surface area contributed by atoms with E-state index in [-0.39, 0.29) is 17.2 Å². The first kappa shape index (κ1) is 13.5. The minimum Gasteiger partial charge on any atom is -0.478 e. The number of aromatic carboxylic acids is 1. The van der Waals surface area contributed by atoms with Crippen LogP contribution in [0.4, 0.5) is 0 Å². The molecule has 0 saturated carbocycles. The summed E-state index contributed by atoms with van der Waals surface area (Å²) < 4.78 is 0. The van der Waals surface area contributed by atoms with Gasteiger partial charge in [0.2, 0.25) is 0 Å². The summed E-state index contributed by atoms with van der Waals surface area (Å²) in [6, 6.07) is 2.74. The van der Waals surface area contributed by atoms with Crippen molar-refractivity contribution in [3.8, 4) is 0 Å². The summed E-state index contributed by atoms with van der Waals surface area (Å²) in [6.07, 6.45) is 4.49. The normalized spacial score (nSPS) is 19.8. The Labute approximate surface area is 112 Å². The zero-order valence-corrected chi connectivity index (χ0v) is 11.0. The Morgan fingerprint density at radius 2 is 2.16 bits per heavy atom. The van der Waals surface area contributed by atoms with E-state index in [0.29, 0.717) is 5.92 Å². The number of hydrogen-bond donors (Lipinski definition) is 1. The molecule has 1 amide bonds. The van der Waals surface area contributed by atoms with Gasteiger partial charge in [0.15, 0.2) is 0 Å². The van der Waals surface area contributed by atoms with E-state index in [1.165, 1.54) is 18.3 Å². The highest BCUT2D eigenvalue weighted by Gasteiger charge is 2.21. The van der Waals surface area contributed by atoms with Crippen molar-refractivity contribution < 1.29 is 14.7 Å². The highest BCUT2D eigenvalue weighted by molar-refractivity contribution is 5.95. The van der Waals surface area contributed by atoms with Crippen LogP contribution in [0.15, 0.2) is 18.3 Å². The van der Waals surface area contributed by atoms with E-state index in [9.17, 15) is 9.59 Å². The minimum absolute atomic E-state index is 0.0986. The molecule has 1 aromatic heterocycles. The zero-order chi connectivity index (χ0) is 13.8. The molecule has 2 rings (SSSR count). The summed E-state index contributed by atoms with van der Waals surface area (Å²) in [6.45, 7) is 3.64. The van der Waals surface area contributed by atoms with Gasteiger partial charge >= 0.3 is 5.97 Å². The molecule has 5 nitrogen and oxygen atoms in total. The number of carbonyl (C=O) groups excluding carboxylic acids is 1. The van der Waals surface area contributed by atoms with E-state index in [4.69, 9.17) is 5.11 Å². The third kappa shape index (κ3) is 3.30. The number of nitrogens with zero attached hydrogens (tertiary/aromatic N) is 2. The molecule has 5 heteroatoms. The number of hydrogen-bond acceptors (Lipinski definition) is 3. The van der Waals surface area contributed by atoms with Crippen LogP contribution in [-0.2, 0) is 0 Å². The van der Waals surface area contributed by atoms with Crippen LogP contribution in [0.5, 0.6) is 0 Å². The smallest absolute Gasteiger partial charge is 0.335 e. The molecule has 1 fully saturated rings. The second-order valence-electron chi connectivity index (χ2n) is 5.06. The largest absolute Gasteiger partial charge is 0.478 e.